The number of aliphatic hydroxyl groups excluding tert-OH is 1. The minimum Gasteiger partial charge on any atom is -0.756 e. The number of aliphatic hydroxyl groups is 1. The summed E-state index contributed by atoms with van der Waals surface area (Å²) in [4.78, 5) is 25.2. The van der Waals surface area contributed by atoms with E-state index in [1.54, 1.807) is 6.08 Å². The van der Waals surface area contributed by atoms with Gasteiger partial charge in [-0.25, -0.2) is 0 Å². The molecule has 3 atom stereocenters. The number of rotatable bonds is 49. The average Bonchev–Trinajstić information content (AvgIpc) is 3.21. The van der Waals surface area contributed by atoms with Gasteiger partial charge < -0.3 is 28.8 Å². The zero-order valence-electron chi connectivity index (χ0n) is 41.4. The molecule has 0 aliphatic heterocycles. The maximum absolute atomic E-state index is 12.8. The number of hydrogen-bond acceptors (Lipinski definition) is 6. The van der Waals surface area contributed by atoms with Gasteiger partial charge in [0.25, 0.3) is 7.82 Å². The first kappa shape index (κ1) is 60.2. The first-order valence-corrected chi connectivity index (χ1v) is 28.0. The van der Waals surface area contributed by atoms with Gasteiger partial charge in [0.2, 0.25) is 5.91 Å². The third-order valence-corrected chi connectivity index (χ3v) is 13.2. The summed E-state index contributed by atoms with van der Waals surface area (Å²) in [5.41, 5.74) is 0. The molecule has 0 aromatic rings. The molecule has 0 aliphatic carbocycles. The van der Waals surface area contributed by atoms with E-state index in [9.17, 15) is 19.4 Å². The normalized spacial score (nSPS) is 14.1. The fraction of sp³-hybridized carbons (Fsp3) is 0.942. The van der Waals surface area contributed by atoms with Crippen LogP contribution in [-0.2, 0) is 18.4 Å². The molecule has 0 rings (SSSR count). The third-order valence-electron chi connectivity index (χ3n) is 12.2. The molecule has 0 aromatic heterocycles. The van der Waals surface area contributed by atoms with Crippen molar-refractivity contribution in [3.05, 3.63) is 12.2 Å². The van der Waals surface area contributed by atoms with E-state index in [0.29, 0.717) is 17.4 Å². The third kappa shape index (κ3) is 47.0. The molecule has 3 unspecified atom stereocenters. The van der Waals surface area contributed by atoms with Crippen molar-refractivity contribution in [3.63, 3.8) is 0 Å². The summed E-state index contributed by atoms with van der Waals surface area (Å²) in [6.45, 7) is 4.64. The lowest BCUT2D eigenvalue weighted by Crippen LogP contribution is -2.45. The topological polar surface area (TPSA) is 108 Å². The monoisotopic (exact) mass is 885 g/mol. The summed E-state index contributed by atoms with van der Waals surface area (Å²) in [6.07, 6.45) is 53.1. The van der Waals surface area contributed by atoms with E-state index in [4.69, 9.17) is 9.05 Å². The molecule has 0 aromatic carbocycles. The van der Waals surface area contributed by atoms with E-state index in [-0.39, 0.29) is 19.1 Å². The number of allylic oxidation sites excluding steroid dienone is 1. The van der Waals surface area contributed by atoms with E-state index in [0.717, 1.165) is 38.5 Å². The number of hydrogen-bond donors (Lipinski definition) is 2. The van der Waals surface area contributed by atoms with Crippen molar-refractivity contribution in [1.29, 1.82) is 0 Å². The molecule has 0 aliphatic rings. The highest BCUT2D eigenvalue weighted by Crippen LogP contribution is 2.38. The molecule has 0 saturated heterocycles. The number of carbonyl (C=O) groups is 1. The standard InChI is InChI=1S/C52H105N2O6P/c1-6-8-10-12-14-16-17-18-19-20-21-22-23-24-25-26-27-28-29-30-31-32-33-34-35-36-37-38-39-41-43-45-51(55)50(49-60-61(57,58)59-48-47-54(3,4)5)53-52(56)46-44-42-40-15-13-11-9-7-2/h43,45,50-51,55H,6-42,44,46-49H2,1-5H3,(H-,53,56,57,58)/b45-43+. The van der Waals surface area contributed by atoms with Gasteiger partial charge in [0.15, 0.2) is 0 Å². The van der Waals surface area contributed by atoms with Gasteiger partial charge in [0.05, 0.1) is 39.9 Å². The molecule has 0 spiro atoms. The zero-order valence-corrected chi connectivity index (χ0v) is 42.3. The number of unbranched alkanes of at least 4 members (excludes halogenated alkanes) is 36. The van der Waals surface area contributed by atoms with Gasteiger partial charge in [-0.3, -0.25) is 9.36 Å². The molecule has 0 heterocycles. The van der Waals surface area contributed by atoms with Crippen LogP contribution in [0.1, 0.15) is 264 Å². The Kier molecular flexibility index (Phi) is 43.9. The largest absolute Gasteiger partial charge is 0.756 e. The Labute approximate surface area is 380 Å². The first-order valence-electron chi connectivity index (χ1n) is 26.6. The Hall–Kier alpha value is -0.760. The van der Waals surface area contributed by atoms with Crippen molar-refractivity contribution in [3.8, 4) is 0 Å². The number of nitrogens with one attached hydrogen (secondary N) is 1. The van der Waals surface area contributed by atoms with Crippen molar-refractivity contribution < 1.29 is 32.9 Å². The highest BCUT2D eigenvalue weighted by Gasteiger charge is 2.23. The van der Waals surface area contributed by atoms with Crippen LogP contribution in [0.3, 0.4) is 0 Å². The van der Waals surface area contributed by atoms with Crippen LogP contribution in [0.4, 0.5) is 0 Å². The first-order chi connectivity index (χ1) is 29.5. The number of likely N-dealkylation sites (N-methyl/N-ethyl adjacent to an activating group) is 1. The van der Waals surface area contributed by atoms with Gasteiger partial charge in [-0.05, 0) is 19.3 Å². The van der Waals surface area contributed by atoms with Crippen LogP contribution in [0, 0.1) is 0 Å². The van der Waals surface area contributed by atoms with Crippen molar-refractivity contribution in [1.82, 2.24) is 5.32 Å². The Morgan fingerprint density at radius 2 is 0.885 bits per heavy atom. The Morgan fingerprint density at radius 1 is 0.557 bits per heavy atom. The van der Waals surface area contributed by atoms with E-state index >= 15 is 0 Å². The number of phosphoric acid groups is 1. The van der Waals surface area contributed by atoms with Crippen LogP contribution in [0.5, 0.6) is 0 Å². The summed E-state index contributed by atoms with van der Waals surface area (Å²) in [5.74, 6) is -0.199. The summed E-state index contributed by atoms with van der Waals surface area (Å²) >= 11 is 0. The smallest absolute Gasteiger partial charge is 0.268 e. The van der Waals surface area contributed by atoms with Crippen LogP contribution in [0.25, 0.3) is 0 Å². The van der Waals surface area contributed by atoms with Crippen molar-refractivity contribution in [2.24, 2.45) is 0 Å². The predicted octanol–water partition coefficient (Wildman–Crippen LogP) is 14.8. The van der Waals surface area contributed by atoms with Crippen LogP contribution in [-0.4, -0.2) is 68.5 Å². The summed E-state index contributed by atoms with van der Waals surface area (Å²) in [5, 5.41) is 13.8. The van der Waals surface area contributed by atoms with Gasteiger partial charge >= 0.3 is 0 Å². The number of carbonyl (C=O) groups excluding carboxylic acids is 1. The summed E-state index contributed by atoms with van der Waals surface area (Å²) in [6, 6.07) is -0.879. The molecule has 61 heavy (non-hydrogen) atoms. The van der Waals surface area contributed by atoms with Gasteiger partial charge in [-0.2, -0.15) is 0 Å². The molecule has 0 radical (unpaired) electrons. The Morgan fingerprint density at radius 3 is 1.23 bits per heavy atom. The lowest BCUT2D eigenvalue weighted by Gasteiger charge is -2.29. The molecule has 0 bridgehead atoms. The fourth-order valence-electron chi connectivity index (χ4n) is 8.04. The molecule has 8 nitrogen and oxygen atoms in total. The van der Waals surface area contributed by atoms with Crippen LogP contribution in [0.2, 0.25) is 0 Å². The van der Waals surface area contributed by atoms with Crippen LogP contribution < -0.4 is 10.2 Å². The lowest BCUT2D eigenvalue weighted by atomic mass is 10.0. The van der Waals surface area contributed by atoms with E-state index in [1.807, 2.05) is 27.2 Å². The quantitative estimate of drug-likeness (QED) is 0.0273. The molecular formula is C52H105N2O6P. The Balaban J connectivity index is 3.96. The lowest BCUT2D eigenvalue weighted by molar-refractivity contribution is -0.870. The average molecular weight is 885 g/mol. The van der Waals surface area contributed by atoms with Gasteiger partial charge in [-0.15, -0.1) is 0 Å². The Bertz CT molecular complexity index is 1000. The van der Waals surface area contributed by atoms with Gasteiger partial charge in [-0.1, -0.05) is 251 Å². The fourth-order valence-corrected chi connectivity index (χ4v) is 8.76. The van der Waals surface area contributed by atoms with E-state index < -0.39 is 20.0 Å². The zero-order chi connectivity index (χ0) is 45.0. The molecule has 0 fully saturated rings. The molecule has 2 N–H and O–H groups in total. The number of nitrogens with zero attached hydrogens (tertiary/aromatic N) is 1. The van der Waals surface area contributed by atoms with E-state index in [2.05, 4.69) is 19.2 Å². The second-order valence-corrected chi connectivity index (χ2v) is 21.0. The highest BCUT2D eigenvalue weighted by molar-refractivity contribution is 7.45. The molecule has 0 saturated carbocycles. The second-order valence-electron chi connectivity index (χ2n) is 19.6. The maximum atomic E-state index is 12.8. The van der Waals surface area contributed by atoms with Crippen molar-refractivity contribution in [2.75, 3.05) is 40.9 Å². The second kappa shape index (κ2) is 44.4. The molecule has 1 amide bonds. The minimum absolute atomic E-state index is 0.00187. The maximum Gasteiger partial charge on any atom is 0.268 e. The minimum atomic E-state index is -4.58. The van der Waals surface area contributed by atoms with Crippen LogP contribution in [0.15, 0.2) is 12.2 Å². The predicted molar refractivity (Wildman–Crippen MR) is 261 cm³/mol. The number of amides is 1. The molecule has 364 valence electrons. The summed E-state index contributed by atoms with van der Waals surface area (Å²) < 4.78 is 23.2. The highest BCUT2D eigenvalue weighted by atomic mass is 31.2. The van der Waals surface area contributed by atoms with Crippen LogP contribution >= 0.6 is 7.82 Å². The van der Waals surface area contributed by atoms with Gasteiger partial charge in [0.1, 0.15) is 13.2 Å². The number of quaternary nitrogens is 1. The van der Waals surface area contributed by atoms with Crippen molar-refractivity contribution in [2.45, 2.75) is 276 Å². The molecule has 9 heteroatoms. The SMILES string of the molecule is CCCCCCCCCCCCCCCCCCCCCCCCCCCCCCC/C=C/C(O)C(COP(=O)([O-])OCC[N+](C)(C)C)NC(=O)CCCCCCCCCC. The van der Waals surface area contributed by atoms with Crippen molar-refractivity contribution >= 4 is 13.7 Å². The number of phosphoric ester groups is 1. The van der Waals surface area contributed by atoms with Gasteiger partial charge in [0, 0.05) is 6.42 Å². The summed E-state index contributed by atoms with van der Waals surface area (Å²) in [7, 11) is 1.27. The van der Waals surface area contributed by atoms with E-state index in [1.165, 1.54) is 205 Å². The molecular weight excluding hydrogens is 780 g/mol.